The van der Waals surface area contributed by atoms with Crippen LogP contribution in [0.15, 0.2) is 12.1 Å². The van der Waals surface area contributed by atoms with Crippen molar-refractivity contribution in [3.05, 3.63) is 23.3 Å². The summed E-state index contributed by atoms with van der Waals surface area (Å²) >= 11 is 0. The number of nitrogens with one attached hydrogen (secondary N) is 1. The quantitative estimate of drug-likeness (QED) is 0.834. The standard InChI is InChI=1S/C15H21NO4/c1-5-16-14(15(17)19-4)11-8-12-10(6-9(2)20-12)7-13(11)18-3/h7-9,14,16H,5-6H2,1-4H3. The molecule has 1 aliphatic heterocycles. The Balaban J connectivity index is 2.43. The second-order valence-electron chi connectivity index (χ2n) is 4.85. The van der Waals surface area contributed by atoms with Crippen molar-refractivity contribution in [2.75, 3.05) is 20.8 Å². The molecule has 0 bridgehead atoms. The molecule has 20 heavy (non-hydrogen) atoms. The van der Waals surface area contributed by atoms with E-state index in [1.54, 1.807) is 7.11 Å². The highest BCUT2D eigenvalue weighted by molar-refractivity contribution is 5.79. The van der Waals surface area contributed by atoms with E-state index in [0.717, 1.165) is 23.3 Å². The Bertz CT molecular complexity index is 501. The minimum atomic E-state index is -0.551. The molecule has 0 radical (unpaired) electrons. The number of ether oxygens (including phenoxy) is 3. The summed E-state index contributed by atoms with van der Waals surface area (Å²) in [6, 6.07) is 3.27. The van der Waals surface area contributed by atoms with Crippen molar-refractivity contribution in [2.45, 2.75) is 32.4 Å². The predicted molar refractivity (Wildman–Crippen MR) is 75.2 cm³/mol. The molecular formula is C15H21NO4. The number of esters is 1. The van der Waals surface area contributed by atoms with Gasteiger partial charge in [0.15, 0.2) is 0 Å². The van der Waals surface area contributed by atoms with Crippen molar-refractivity contribution in [3.63, 3.8) is 0 Å². The van der Waals surface area contributed by atoms with Crippen LogP contribution in [-0.4, -0.2) is 32.8 Å². The van der Waals surface area contributed by atoms with Crippen LogP contribution in [0.2, 0.25) is 0 Å². The van der Waals surface area contributed by atoms with Gasteiger partial charge < -0.3 is 19.5 Å². The third-order valence-electron chi connectivity index (χ3n) is 3.40. The maximum Gasteiger partial charge on any atom is 0.327 e. The lowest BCUT2D eigenvalue weighted by Gasteiger charge is -2.19. The first kappa shape index (κ1) is 14.7. The summed E-state index contributed by atoms with van der Waals surface area (Å²) < 4.78 is 16.0. The monoisotopic (exact) mass is 279 g/mol. The van der Waals surface area contributed by atoms with Crippen LogP contribution in [0.1, 0.15) is 31.0 Å². The van der Waals surface area contributed by atoms with Gasteiger partial charge >= 0.3 is 5.97 Å². The van der Waals surface area contributed by atoms with Crippen molar-refractivity contribution in [1.82, 2.24) is 5.32 Å². The topological polar surface area (TPSA) is 56.8 Å². The number of rotatable bonds is 5. The molecule has 5 nitrogen and oxygen atoms in total. The first-order valence-corrected chi connectivity index (χ1v) is 6.79. The summed E-state index contributed by atoms with van der Waals surface area (Å²) in [6.07, 6.45) is 1.01. The molecule has 2 rings (SSSR count). The van der Waals surface area contributed by atoms with Gasteiger partial charge in [0.1, 0.15) is 23.6 Å². The number of carbonyl (C=O) groups is 1. The Morgan fingerprint density at radius 3 is 2.85 bits per heavy atom. The van der Waals surface area contributed by atoms with E-state index in [9.17, 15) is 4.79 Å². The highest BCUT2D eigenvalue weighted by Crippen LogP contribution is 2.37. The van der Waals surface area contributed by atoms with Gasteiger partial charge in [-0.1, -0.05) is 6.92 Å². The molecule has 0 saturated carbocycles. The number of fused-ring (bicyclic) bond motifs is 1. The molecule has 0 saturated heterocycles. The Hall–Kier alpha value is -1.75. The number of hydrogen-bond acceptors (Lipinski definition) is 5. The van der Waals surface area contributed by atoms with Crippen molar-refractivity contribution < 1.29 is 19.0 Å². The van der Waals surface area contributed by atoms with E-state index >= 15 is 0 Å². The molecule has 1 aromatic rings. The summed E-state index contributed by atoms with van der Waals surface area (Å²) in [5, 5.41) is 3.12. The van der Waals surface area contributed by atoms with Crippen molar-refractivity contribution in [2.24, 2.45) is 0 Å². The van der Waals surface area contributed by atoms with Crippen LogP contribution in [0.3, 0.4) is 0 Å². The molecule has 2 atom stereocenters. The van der Waals surface area contributed by atoms with Gasteiger partial charge in [0.05, 0.1) is 14.2 Å². The number of hydrogen-bond donors (Lipinski definition) is 1. The van der Waals surface area contributed by atoms with Gasteiger partial charge in [0, 0.05) is 17.5 Å². The van der Waals surface area contributed by atoms with Crippen LogP contribution >= 0.6 is 0 Å². The number of benzene rings is 1. The molecule has 0 amide bonds. The zero-order valence-electron chi connectivity index (χ0n) is 12.4. The predicted octanol–water partition coefficient (Wildman–Crippen LogP) is 1.84. The van der Waals surface area contributed by atoms with Gasteiger partial charge in [-0.25, -0.2) is 4.79 Å². The largest absolute Gasteiger partial charge is 0.496 e. The maximum atomic E-state index is 12.0. The van der Waals surface area contributed by atoms with E-state index in [4.69, 9.17) is 14.2 Å². The van der Waals surface area contributed by atoms with Gasteiger partial charge in [0.2, 0.25) is 0 Å². The Morgan fingerprint density at radius 2 is 2.25 bits per heavy atom. The van der Waals surface area contributed by atoms with Crippen LogP contribution in [0, 0.1) is 0 Å². The molecule has 0 aliphatic carbocycles. The molecule has 0 spiro atoms. The van der Waals surface area contributed by atoms with E-state index in [1.807, 2.05) is 26.0 Å². The van der Waals surface area contributed by atoms with Gasteiger partial charge in [-0.05, 0) is 25.6 Å². The molecule has 110 valence electrons. The average Bonchev–Trinajstić information content (AvgIpc) is 2.81. The molecule has 1 heterocycles. The highest BCUT2D eigenvalue weighted by atomic mass is 16.5. The third kappa shape index (κ3) is 2.72. The van der Waals surface area contributed by atoms with Crippen LogP contribution in [0.5, 0.6) is 11.5 Å². The van der Waals surface area contributed by atoms with Gasteiger partial charge in [-0.2, -0.15) is 0 Å². The van der Waals surface area contributed by atoms with Crippen LogP contribution < -0.4 is 14.8 Å². The SMILES string of the molecule is CCNC(C(=O)OC)c1cc2c(cc1OC)CC(C)O2. The lowest BCUT2D eigenvalue weighted by Crippen LogP contribution is -2.29. The fourth-order valence-corrected chi connectivity index (χ4v) is 2.50. The molecule has 5 heteroatoms. The first-order valence-electron chi connectivity index (χ1n) is 6.79. The van der Waals surface area contributed by atoms with E-state index in [1.165, 1.54) is 7.11 Å². The number of methoxy groups -OCH3 is 2. The first-order chi connectivity index (χ1) is 9.60. The minimum Gasteiger partial charge on any atom is -0.496 e. The molecule has 2 unspecified atom stereocenters. The summed E-state index contributed by atoms with van der Waals surface area (Å²) in [4.78, 5) is 12.0. The second-order valence-corrected chi connectivity index (χ2v) is 4.85. The molecule has 0 aromatic heterocycles. The summed E-state index contributed by atoms with van der Waals surface area (Å²) in [5.41, 5.74) is 1.85. The van der Waals surface area contributed by atoms with Crippen molar-refractivity contribution in [3.8, 4) is 11.5 Å². The molecular weight excluding hydrogens is 258 g/mol. The van der Waals surface area contributed by atoms with Crippen molar-refractivity contribution in [1.29, 1.82) is 0 Å². The van der Waals surface area contributed by atoms with Gasteiger partial charge in [-0.15, -0.1) is 0 Å². The van der Waals surface area contributed by atoms with E-state index < -0.39 is 6.04 Å². The van der Waals surface area contributed by atoms with Gasteiger partial charge in [0.25, 0.3) is 0 Å². The molecule has 1 aromatic carbocycles. The number of likely N-dealkylation sites (N-methyl/N-ethyl adjacent to an activating group) is 1. The lowest BCUT2D eigenvalue weighted by molar-refractivity contribution is -0.143. The van der Waals surface area contributed by atoms with Gasteiger partial charge in [-0.3, -0.25) is 0 Å². The van der Waals surface area contributed by atoms with E-state index in [0.29, 0.717) is 12.3 Å². The average molecular weight is 279 g/mol. The fourth-order valence-electron chi connectivity index (χ4n) is 2.50. The zero-order valence-corrected chi connectivity index (χ0v) is 12.4. The summed E-state index contributed by atoms with van der Waals surface area (Å²) in [5.74, 6) is 1.16. The fraction of sp³-hybridized carbons (Fsp3) is 0.533. The lowest BCUT2D eigenvalue weighted by atomic mass is 10.0. The Kier molecular flexibility index (Phi) is 4.49. The van der Waals surface area contributed by atoms with Crippen molar-refractivity contribution >= 4 is 5.97 Å². The Morgan fingerprint density at radius 1 is 1.50 bits per heavy atom. The highest BCUT2D eigenvalue weighted by Gasteiger charge is 2.28. The van der Waals surface area contributed by atoms with E-state index in [2.05, 4.69) is 5.32 Å². The maximum absolute atomic E-state index is 12.0. The molecule has 1 aliphatic rings. The third-order valence-corrected chi connectivity index (χ3v) is 3.40. The second kappa shape index (κ2) is 6.13. The van der Waals surface area contributed by atoms with Crippen LogP contribution in [0.4, 0.5) is 0 Å². The van der Waals surface area contributed by atoms with E-state index in [-0.39, 0.29) is 12.1 Å². The molecule has 1 N–H and O–H groups in total. The minimum absolute atomic E-state index is 0.153. The Labute approximate surface area is 119 Å². The molecule has 0 fully saturated rings. The smallest absolute Gasteiger partial charge is 0.327 e. The summed E-state index contributed by atoms with van der Waals surface area (Å²) in [7, 11) is 2.98. The van der Waals surface area contributed by atoms with Crippen LogP contribution in [-0.2, 0) is 16.0 Å². The number of carbonyl (C=O) groups excluding carboxylic acids is 1. The normalized spacial score (nSPS) is 18.1. The zero-order chi connectivity index (χ0) is 14.7. The summed E-state index contributed by atoms with van der Waals surface area (Å²) in [6.45, 7) is 4.61. The van der Waals surface area contributed by atoms with Crippen LogP contribution in [0.25, 0.3) is 0 Å².